The fourth-order valence-corrected chi connectivity index (χ4v) is 1.95. The molecule has 0 aromatic heterocycles. The van der Waals surface area contributed by atoms with Crippen molar-refractivity contribution < 1.29 is 0 Å². The minimum Gasteiger partial charge on any atom is -0.279 e. The largest absolute Gasteiger partial charge is 0.279 e. The van der Waals surface area contributed by atoms with E-state index >= 15 is 0 Å². The van der Waals surface area contributed by atoms with E-state index in [0.717, 1.165) is 11.1 Å². The lowest BCUT2D eigenvalue weighted by atomic mass is 10.0. The Morgan fingerprint density at radius 3 is 2.56 bits per heavy atom. The highest BCUT2D eigenvalue weighted by molar-refractivity contribution is 6.47. The zero-order chi connectivity index (χ0) is 11.5. The van der Waals surface area contributed by atoms with Crippen molar-refractivity contribution in [3.05, 3.63) is 47.5 Å². The Bertz CT molecular complexity index is 361. The Morgan fingerprint density at radius 1 is 1.38 bits per heavy atom. The van der Waals surface area contributed by atoms with E-state index in [9.17, 15) is 0 Å². The molecule has 0 saturated carbocycles. The summed E-state index contributed by atoms with van der Waals surface area (Å²) in [6, 6.07) is 5.92. The van der Waals surface area contributed by atoms with E-state index in [-0.39, 0.29) is 12.4 Å². The molecule has 0 amide bonds. The van der Waals surface area contributed by atoms with Gasteiger partial charge < -0.3 is 0 Å². The van der Waals surface area contributed by atoms with Crippen LogP contribution < -0.4 is 5.32 Å². The topological polar surface area (TPSA) is 12.0 Å². The Labute approximate surface area is 113 Å². The maximum absolute atomic E-state index is 6.22. The third-order valence-corrected chi connectivity index (χ3v) is 3.09. The predicted octanol–water partition coefficient (Wildman–Crippen LogP) is 4.09. The highest BCUT2D eigenvalue weighted by Gasteiger charge is 2.27. The lowest BCUT2D eigenvalue weighted by Gasteiger charge is -2.23. The molecule has 1 N–H and O–H groups in total. The number of alkyl halides is 2. The molecule has 0 aliphatic heterocycles. The summed E-state index contributed by atoms with van der Waals surface area (Å²) in [5.41, 5.74) is 3.19. The smallest absolute Gasteiger partial charge is 0.195 e. The molecular weight excluding hydrogens is 264 g/mol. The normalized spacial score (nSPS) is 10.8. The maximum atomic E-state index is 6.22. The molecule has 1 rings (SSSR count). The van der Waals surface area contributed by atoms with E-state index in [1.165, 1.54) is 5.56 Å². The van der Waals surface area contributed by atoms with Gasteiger partial charge in [-0.2, -0.15) is 0 Å². The predicted molar refractivity (Wildman–Crippen MR) is 74.7 cm³/mol. The molecule has 90 valence electrons. The zero-order valence-electron chi connectivity index (χ0n) is 9.39. The third kappa shape index (κ3) is 3.67. The Kier molecular flexibility index (Phi) is 6.42. The molecule has 0 unspecified atom stereocenters. The molecule has 0 aliphatic rings. The molecule has 0 fully saturated rings. The third-order valence-electron chi connectivity index (χ3n) is 2.41. The summed E-state index contributed by atoms with van der Waals surface area (Å²) < 4.78 is -1.05. The van der Waals surface area contributed by atoms with Gasteiger partial charge in [-0.05, 0) is 25.0 Å². The molecule has 0 atom stereocenters. The van der Waals surface area contributed by atoms with Gasteiger partial charge in [0.15, 0.2) is 4.46 Å². The summed E-state index contributed by atoms with van der Waals surface area (Å²) in [5.74, 6) is 0. The monoisotopic (exact) mass is 279 g/mol. The lowest BCUT2D eigenvalue weighted by molar-refractivity contribution is 0.664. The second kappa shape index (κ2) is 6.51. The maximum Gasteiger partial charge on any atom is 0.195 e. The number of aryl methyl sites for hydroxylation is 1. The molecule has 0 aliphatic carbocycles. The van der Waals surface area contributed by atoms with Gasteiger partial charge in [-0.3, -0.25) is 5.32 Å². The van der Waals surface area contributed by atoms with Crippen LogP contribution in [0.3, 0.4) is 0 Å². The molecule has 0 radical (unpaired) electrons. The van der Waals surface area contributed by atoms with E-state index in [4.69, 9.17) is 23.2 Å². The zero-order valence-corrected chi connectivity index (χ0v) is 11.7. The summed E-state index contributed by atoms with van der Waals surface area (Å²) in [7, 11) is 0. The van der Waals surface area contributed by atoms with Crippen LogP contribution in [0, 0.1) is 13.8 Å². The molecule has 0 saturated heterocycles. The van der Waals surface area contributed by atoms with E-state index in [1.54, 1.807) is 6.08 Å². The van der Waals surface area contributed by atoms with Gasteiger partial charge in [-0.15, -0.1) is 19.0 Å². The summed E-state index contributed by atoms with van der Waals surface area (Å²) in [6.07, 6.45) is 1.73. The first-order valence-electron chi connectivity index (χ1n) is 4.79. The van der Waals surface area contributed by atoms with Crippen LogP contribution in [0.1, 0.15) is 16.7 Å². The number of halogens is 3. The minimum atomic E-state index is -1.05. The van der Waals surface area contributed by atoms with Gasteiger partial charge >= 0.3 is 0 Å². The van der Waals surface area contributed by atoms with Crippen LogP contribution in [-0.4, -0.2) is 6.54 Å². The van der Waals surface area contributed by atoms with Crippen molar-refractivity contribution in [1.29, 1.82) is 0 Å². The number of hydrogen-bond acceptors (Lipinski definition) is 1. The van der Waals surface area contributed by atoms with Gasteiger partial charge in [0.05, 0.1) is 0 Å². The first-order chi connectivity index (χ1) is 6.99. The average molecular weight is 281 g/mol. The van der Waals surface area contributed by atoms with Crippen molar-refractivity contribution in [2.45, 2.75) is 18.3 Å². The first kappa shape index (κ1) is 15.8. The molecule has 0 bridgehead atoms. The van der Waals surface area contributed by atoms with E-state index in [2.05, 4.69) is 11.9 Å². The second-order valence-electron chi connectivity index (χ2n) is 3.49. The average Bonchev–Trinajstić information content (AvgIpc) is 2.19. The van der Waals surface area contributed by atoms with Gasteiger partial charge in [0.25, 0.3) is 0 Å². The number of nitrogens with one attached hydrogen (secondary N) is 1. The van der Waals surface area contributed by atoms with Gasteiger partial charge in [0.2, 0.25) is 0 Å². The summed E-state index contributed by atoms with van der Waals surface area (Å²) >= 11 is 12.4. The van der Waals surface area contributed by atoms with Gasteiger partial charge in [0.1, 0.15) is 0 Å². The fourth-order valence-electron chi connectivity index (χ4n) is 1.39. The second-order valence-corrected chi connectivity index (χ2v) is 4.82. The van der Waals surface area contributed by atoms with E-state index in [1.807, 2.05) is 32.0 Å². The molecule has 1 nitrogen and oxygen atoms in total. The number of benzene rings is 1. The molecule has 0 spiro atoms. The minimum absolute atomic E-state index is 0. The SMILES string of the molecule is C=CCNC(Cl)(Cl)c1cccc(C)c1C.Cl. The highest BCUT2D eigenvalue weighted by Crippen LogP contribution is 2.33. The van der Waals surface area contributed by atoms with Gasteiger partial charge in [-0.25, -0.2) is 0 Å². The van der Waals surface area contributed by atoms with Crippen molar-refractivity contribution in [2.24, 2.45) is 0 Å². The van der Waals surface area contributed by atoms with Crippen LogP contribution in [0.4, 0.5) is 0 Å². The van der Waals surface area contributed by atoms with Crippen molar-refractivity contribution in [2.75, 3.05) is 6.54 Å². The van der Waals surface area contributed by atoms with Crippen LogP contribution >= 0.6 is 35.6 Å². The van der Waals surface area contributed by atoms with Gasteiger partial charge in [0, 0.05) is 12.1 Å². The molecule has 0 heterocycles. The van der Waals surface area contributed by atoms with Crippen molar-refractivity contribution >= 4 is 35.6 Å². The Balaban J connectivity index is 0.00000225. The van der Waals surface area contributed by atoms with Crippen molar-refractivity contribution in [3.63, 3.8) is 0 Å². The molecular formula is C12H16Cl3N. The number of hydrogen-bond donors (Lipinski definition) is 1. The molecule has 16 heavy (non-hydrogen) atoms. The van der Waals surface area contributed by atoms with Crippen molar-refractivity contribution in [3.8, 4) is 0 Å². The molecule has 1 aromatic carbocycles. The summed E-state index contributed by atoms with van der Waals surface area (Å²) in [6.45, 7) is 8.24. The molecule has 4 heteroatoms. The van der Waals surface area contributed by atoms with Crippen LogP contribution in [0.25, 0.3) is 0 Å². The van der Waals surface area contributed by atoms with Crippen LogP contribution in [0.2, 0.25) is 0 Å². The summed E-state index contributed by atoms with van der Waals surface area (Å²) in [5, 5.41) is 3.01. The van der Waals surface area contributed by atoms with E-state index < -0.39 is 4.46 Å². The first-order valence-corrected chi connectivity index (χ1v) is 5.55. The molecule has 1 aromatic rings. The Hall–Kier alpha value is -0.210. The fraction of sp³-hybridized carbons (Fsp3) is 0.333. The quantitative estimate of drug-likeness (QED) is 0.498. The standard InChI is InChI=1S/C12H15Cl2N.ClH/c1-4-8-15-12(13,14)11-7-5-6-9(2)10(11)3;/h4-7,15H,1,8H2,2-3H3;1H. The lowest BCUT2D eigenvalue weighted by Crippen LogP contribution is -2.32. The van der Waals surface area contributed by atoms with Crippen LogP contribution in [0.15, 0.2) is 30.9 Å². The van der Waals surface area contributed by atoms with Crippen molar-refractivity contribution in [1.82, 2.24) is 5.32 Å². The number of rotatable bonds is 4. The van der Waals surface area contributed by atoms with Crippen LogP contribution in [0.5, 0.6) is 0 Å². The van der Waals surface area contributed by atoms with Gasteiger partial charge in [-0.1, -0.05) is 47.5 Å². The van der Waals surface area contributed by atoms with E-state index in [0.29, 0.717) is 6.54 Å². The highest BCUT2D eigenvalue weighted by atomic mass is 35.5. The van der Waals surface area contributed by atoms with Crippen LogP contribution in [-0.2, 0) is 4.46 Å². The Morgan fingerprint density at radius 2 is 2.00 bits per heavy atom. The summed E-state index contributed by atoms with van der Waals surface area (Å²) in [4.78, 5) is 0.